The molecule has 0 rings (SSSR count). The highest BCUT2D eigenvalue weighted by Crippen LogP contribution is 2.38. The van der Waals surface area contributed by atoms with Crippen LogP contribution in [-0.2, 0) is 46.9 Å². The van der Waals surface area contributed by atoms with Crippen molar-refractivity contribution in [3.63, 3.8) is 0 Å². The van der Waals surface area contributed by atoms with Gasteiger partial charge in [-0.25, -0.2) is 0 Å². The molecule has 0 heterocycles. The van der Waals surface area contributed by atoms with Crippen LogP contribution in [0.15, 0.2) is 0 Å². The number of carbonyl (C=O) groups is 3. The van der Waals surface area contributed by atoms with Gasteiger partial charge < -0.3 is 39.0 Å². The monoisotopic (exact) mass is 473 g/mol. The van der Waals surface area contributed by atoms with Crippen molar-refractivity contribution in [3.8, 4) is 0 Å². The SMILES string of the molecule is CCC(=O)OCCC(CCOP(=O)([O-])OCCCC(=O)OCCOC)OC(=O)CC.[NH4+]. The molecular formula is C18H36NO11P. The molecule has 12 nitrogen and oxygen atoms in total. The summed E-state index contributed by atoms with van der Waals surface area (Å²) in [6.45, 7) is 3.22. The van der Waals surface area contributed by atoms with E-state index in [4.69, 9.17) is 23.5 Å². The first-order chi connectivity index (χ1) is 14.2. The molecule has 13 heteroatoms. The van der Waals surface area contributed by atoms with Crippen LogP contribution in [0.1, 0.15) is 52.4 Å². The molecule has 2 atom stereocenters. The number of ether oxygens (including phenoxy) is 4. The number of esters is 3. The van der Waals surface area contributed by atoms with Crippen molar-refractivity contribution in [1.29, 1.82) is 0 Å². The smallest absolute Gasteiger partial charge is 0.305 e. The summed E-state index contributed by atoms with van der Waals surface area (Å²) < 4.78 is 40.9. The molecule has 4 N–H and O–H groups in total. The second-order valence-corrected chi connectivity index (χ2v) is 7.46. The van der Waals surface area contributed by atoms with Gasteiger partial charge in [0.05, 0.1) is 26.4 Å². The van der Waals surface area contributed by atoms with Crippen molar-refractivity contribution < 1.29 is 51.8 Å². The Bertz CT molecular complexity index is 559. The van der Waals surface area contributed by atoms with Gasteiger partial charge in [-0.3, -0.25) is 18.9 Å². The van der Waals surface area contributed by atoms with Gasteiger partial charge in [-0.2, -0.15) is 0 Å². The van der Waals surface area contributed by atoms with E-state index in [1.54, 1.807) is 13.8 Å². The third-order valence-corrected chi connectivity index (χ3v) is 4.59. The fraction of sp³-hybridized carbons (Fsp3) is 0.833. The average molecular weight is 473 g/mol. The lowest BCUT2D eigenvalue weighted by atomic mass is 10.2. The molecule has 0 saturated heterocycles. The van der Waals surface area contributed by atoms with Gasteiger partial charge in [0.25, 0.3) is 7.82 Å². The van der Waals surface area contributed by atoms with Crippen LogP contribution < -0.4 is 11.0 Å². The molecule has 31 heavy (non-hydrogen) atoms. The topological polar surface area (TPSA) is 183 Å². The summed E-state index contributed by atoms with van der Waals surface area (Å²) in [7, 11) is -3.09. The average Bonchev–Trinajstić information content (AvgIpc) is 2.70. The third-order valence-electron chi connectivity index (χ3n) is 3.59. The number of methoxy groups -OCH3 is 1. The zero-order chi connectivity index (χ0) is 22.8. The van der Waals surface area contributed by atoms with Gasteiger partial charge in [0, 0.05) is 39.2 Å². The summed E-state index contributed by atoms with van der Waals surface area (Å²) in [6, 6.07) is 0. The van der Waals surface area contributed by atoms with Crippen LogP contribution in [0.2, 0.25) is 0 Å². The van der Waals surface area contributed by atoms with Gasteiger partial charge in [0.15, 0.2) is 0 Å². The summed E-state index contributed by atoms with van der Waals surface area (Å²) in [4.78, 5) is 45.8. The van der Waals surface area contributed by atoms with Crippen LogP contribution in [0.4, 0.5) is 0 Å². The molecule has 0 aromatic rings. The van der Waals surface area contributed by atoms with Gasteiger partial charge in [-0.1, -0.05) is 13.8 Å². The zero-order valence-corrected chi connectivity index (χ0v) is 19.7. The van der Waals surface area contributed by atoms with Crippen LogP contribution in [0.3, 0.4) is 0 Å². The minimum atomic E-state index is -4.57. The molecule has 0 radical (unpaired) electrons. The van der Waals surface area contributed by atoms with Gasteiger partial charge >= 0.3 is 17.9 Å². The molecule has 0 bridgehead atoms. The standard InChI is InChI=1S/C18H33O11P.H3N/c1-4-16(19)25-11-8-15(29-17(20)5-2)9-12-28-30(22,23)27-10-6-7-18(21)26-14-13-24-3;/h15H,4-14H2,1-3H3,(H,22,23);1H3. The lowest BCUT2D eigenvalue weighted by Gasteiger charge is -2.24. The molecule has 0 aromatic carbocycles. The molecule has 0 aromatic heterocycles. The van der Waals surface area contributed by atoms with Crippen LogP contribution in [0, 0.1) is 0 Å². The number of phosphoric ester groups is 1. The first-order valence-corrected chi connectivity index (χ1v) is 11.3. The van der Waals surface area contributed by atoms with E-state index >= 15 is 0 Å². The summed E-state index contributed by atoms with van der Waals surface area (Å²) in [6.07, 6.45) is 0.153. The van der Waals surface area contributed by atoms with E-state index in [0.29, 0.717) is 0 Å². The highest BCUT2D eigenvalue weighted by molar-refractivity contribution is 7.45. The predicted molar refractivity (Wildman–Crippen MR) is 108 cm³/mol. The lowest BCUT2D eigenvalue weighted by molar-refractivity contribution is -0.226. The van der Waals surface area contributed by atoms with Crippen LogP contribution in [0.25, 0.3) is 0 Å². The Hall–Kier alpha value is -1.56. The van der Waals surface area contributed by atoms with Crippen molar-refractivity contribution in [2.24, 2.45) is 0 Å². The Kier molecular flexibility index (Phi) is 19.5. The van der Waals surface area contributed by atoms with Gasteiger partial charge in [0.2, 0.25) is 0 Å². The van der Waals surface area contributed by atoms with Crippen molar-refractivity contribution >= 4 is 25.7 Å². The van der Waals surface area contributed by atoms with Gasteiger partial charge in [0.1, 0.15) is 12.7 Å². The molecule has 0 aliphatic heterocycles. The summed E-state index contributed by atoms with van der Waals surface area (Å²) in [5, 5.41) is 0. The van der Waals surface area contributed by atoms with E-state index in [2.05, 4.69) is 4.52 Å². The highest BCUT2D eigenvalue weighted by Gasteiger charge is 2.17. The first kappa shape index (κ1) is 31.6. The second kappa shape index (κ2) is 19.1. The third kappa shape index (κ3) is 18.9. The van der Waals surface area contributed by atoms with E-state index < -0.39 is 25.9 Å². The summed E-state index contributed by atoms with van der Waals surface area (Å²) >= 11 is 0. The fourth-order valence-electron chi connectivity index (χ4n) is 1.97. The number of hydrogen-bond acceptors (Lipinski definition) is 11. The molecular weight excluding hydrogens is 437 g/mol. The lowest BCUT2D eigenvalue weighted by Crippen LogP contribution is -2.23. The maximum atomic E-state index is 11.8. The Morgan fingerprint density at radius 2 is 1.42 bits per heavy atom. The van der Waals surface area contributed by atoms with Crippen molar-refractivity contribution in [2.45, 2.75) is 58.5 Å². The molecule has 184 valence electrons. The largest absolute Gasteiger partial charge is 0.756 e. The van der Waals surface area contributed by atoms with E-state index in [1.807, 2.05) is 0 Å². The van der Waals surface area contributed by atoms with E-state index in [1.165, 1.54) is 7.11 Å². The minimum Gasteiger partial charge on any atom is -0.756 e. The van der Waals surface area contributed by atoms with Crippen LogP contribution >= 0.6 is 7.82 Å². The molecule has 0 amide bonds. The van der Waals surface area contributed by atoms with Gasteiger partial charge in [-0.15, -0.1) is 0 Å². The van der Waals surface area contributed by atoms with E-state index in [0.717, 1.165) is 0 Å². The number of hydrogen-bond donors (Lipinski definition) is 1. The molecule has 0 saturated carbocycles. The maximum Gasteiger partial charge on any atom is 0.305 e. The minimum absolute atomic E-state index is 0. The Labute approximate surface area is 183 Å². The quantitative estimate of drug-likeness (QED) is 0.133. The molecule has 2 unspecified atom stereocenters. The predicted octanol–water partition coefficient (Wildman–Crippen LogP) is 1.89. The molecule has 0 aliphatic rings. The molecule has 0 fully saturated rings. The Balaban J connectivity index is 0. The van der Waals surface area contributed by atoms with Crippen molar-refractivity contribution in [3.05, 3.63) is 0 Å². The molecule has 0 aliphatic carbocycles. The summed E-state index contributed by atoms with van der Waals surface area (Å²) in [5.74, 6) is -1.32. The Morgan fingerprint density at radius 3 is 2.03 bits per heavy atom. The van der Waals surface area contributed by atoms with Crippen LogP contribution in [-0.4, -0.2) is 64.2 Å². The molecule has 0 spiro atoms. The van der Waals surface area contributed by atoms with Gasteiger partial charge in [-0.05, 0) is 6.42 Å². The highest BCUT2D eigenvalue weighted by atomic mass is 31.2. The zero-order valence-electron chi connectivity index (χ0n) is 18.8. The van der Waals surface area contributed by atoms with E-state index in [-0.39, 0.29) is 83.7 Å². The Morgan fingerprint density at radius 1 is 0.839 bits per heavy atom. The number of carbonyl (C=O) groups excluding carboxylic acids is 3. The second-order valence-electron chi connectivity index (χ2n) is 6.05. The number of phosphoric acid groups is 1. The van der Waals surface area contributed by atoms with Crippen molar-refractivity contribution in [1.82, 2.24) is 6.15 Å². The first-order valence-electron chi connectivity index (χ1n) is 9.83. The van der Waals surface area contributed by atoms with E-state index in [9.17, 15) is 23.8 Å². The number of rotatable bonds is 18. The maximum absolute atomic E-state index is 11.8. The van der Waals surface area contributed by atoms with Crippen molar-refractivity contribution in [2.75, 3.05) is 40.1 Å². The van der Waals surface area contributed by atoms with Crippen LogP contribution in [0.5, 0.6) is 0 Å². The summed E-state index contributed by atoms with van der Waals surface area (Å²) in [5.41, 5.74) is 0. The number of quaternary nitrogens is 1. The fourth-order valence-corrected chi connectivity index (χ4v) is 2.73. The normalized spacial score (nSPS) is 13.4.